The van der Waals surface area contributed by atoms with Gasteiger partial charge in [-0.15, -0.1) is 6.58 Å². The Hall–Kier alpha value is -1.22. The monoisotopic (exact) mass is 239 g/mol. The maximum atomic E-state index is 13.0. The zero-order chi connectivity index (χ0) is 12.7. The Morgan fingerprint density at radius 3 is 2.35 bits per heavy atom. The molecule has 0 aliphatic heterocycles. The van der Waals surface area contributed by atoms with E-state index < -0.39 is 11.6 Å². The van der Waals surface area contributed by atoms with Crippen molar-refractivity contribution in [1.82, 2.24) is 0 Å². The highest BCUT2D eigenvalue weighted by Crippen LogP contribution is 2.19. The van der Waals surface area contributed by atoms with Gasteiger partial charge in [0.15, 0.2) is 0 Å². The minimum Gasteiger partial charge on any atom is -0.324 e. The summed E-state index contributed by atoms with van der Waals surface area (Å²) < 4.78 is 25.9. The molecule has 0 aliphatic rings. The lowest BCUT2D eigenvalue weighted by molar-refractivity contribution is 0.549. The van der Waals surface area contributed by atoms with Gasteiger partial charge in [0, 0.05) is 12.1 Å². The maximum Gasteiger partial charge on any atom is 0.126 e. The molecular formula is C14H19F2N. The Labute approximate surface area is 101 Å². The highest BCUT2D eigenvalue weighted by molar-refractivity contribution is 5.20. The first-order valence-electron chi connectivity index (χ1n) is 5.96. The van der Waals surface area contributed by atoms with Crippen LogP contribution in [0.25, 0.3) is 0 Å². The van der Waals surface area contributed by atoms with Gasteiger partial charge < -0.3 is 5.73 Å². The van der Waals surface area contributed by atoms with E-state index in [-0.39, 0.29) is 6.04 Å². The lowest BCUT2D eigenvalue weighted by atomic mass is 10.0. The average Bonchev–Trinajstić information content (AvgIpc) is 2.27. The van der Waals surface area contributed by atoms with Crippen LogP contribution in [0.3, 0.4) is 0 Å². The number of allylic oxidation sites excluding steroid dienone is 1. The van der Waals surface area contributed by atoms with Crippen molar-refractivity contribution in [3.8, 4) is 0 Å². The summed E-state index contributed by atoms with van der Waals surface area (Å²) in [4.78, 5) is 0. The molecule has 1 rings (SSSR count). The van der Waals surface area contributed by atoms with E-state index >= 15 is 0 Å². The van der Waals surface area contributed by atoms with Crippen molar-refractivity contribution in [2.75, 3.05) is 0 Å². The fourth-order valence-corrected chi connectivity index (χ4v) is 1.79. The Morgan fingerprint density at radius 2 is 1.76 bits per heavy atom. The molecule has 2 N–H and O–H groups in total. The van der Waals surface area contributed by atoms with Crippen molar-refractivity contribution in [1.29, 1.82) is 0 Å². The van der Waals surface area contributed by atoms with Crippen LogP contribution in [0.4, 0.5) is 8.78 Å². The van der Waals surface area contributed by atoms with Crippen LogP contribution in [0, 0.1) is 11.6 Å². The number of hydrogen-bond donors (Lipinski definition) is 1. The number of unbranched alkanes of at least 4 members (excludes halogenated alkanes) is 3. The standard InChI is InChI=1S/C14H19F2N/c1-2-3-4-5-6-7-14(17)11-8-12(15)10-13(16)9-11/h2,8-10,14H,1,3-7,17H2. The molecule has 0 saturated carbocycles. The maximum absolute atomic E-state index is 13.0. The van der Waals surface area contributed by atoms with Crippen molar-refractivity contribution in [2.24, 2.45) is 5.73 Å². The molecule has 1 unspecified atom stereocenters. The van der Waals surface area contributed by atoms with E-state index in [4.69, 9.17) is 5.73 Å². The van der Waals surface area contributed by atoms with Crippen molar-refractivity contribution in [2.45, 2.75) is 38.1 Å². The topological polar surface area (TPSA) is 26.0 Å². The van der Waals surface area contributed by atoms with Gasteiger partial charge in [-0.3, -0.25) is 0 Å². The summed E-state index contributed by atoms with van der Waals surface area (Å²) in [5.74, 6) is -1.13. The van der Waals surface area contributed by atoms with Crippen LogP contribution in [0.5, 0.6) is 0 Å². The minimum absolute atomic E-state index is 0.288. The van der Waals surface area contributed by atoms with E-state index in [0.29, 0.717) is 5.56 Å². The SMILES string of the molecule is C=CCCCCCC(N)c1cc(F)cc(F)c1. The number of rotatable bonds is 7. The number of benzene rings is 1. The molecule has 1 aromatic carbocycles. The van der Waals surface area contributed by atoms with E-state index in [1.807, 2.05) is 6.08 Å². The summed E-state index contributed by atoms with van der Waals surface area (Å²) >= 11 is 0. The molecule has 0 radical (unpaired) electrons. The Bertz CT molecular complexity index is 343. The van der Waals surface area contributed by atoms with Crippen LogP contribution in [0.1, 0.15) is 43.7 Å². The zero-order valence-corrected chi connectivity index (χ0v) is 9.96. The smallest absolute Gasteiger partial charge is 0.126 e. The highest BCUT2D eigenvalue weighted by atomic mass is 19.1. The van der Waals surface area contributed by atoms with Gasteiger partial charge >= 0.3 is 0 Å². The van der Waals surface area contributed by atoms with Gasteiger partial charge in [-0.05, 0) is 37.0 Å². The van der Waals surface area contributed by atoms with Crippen molar-refractivity contribution >= 4 is 0 Å². The lowest BCUT2D eigenvalue weighted by Gasteiger charge is -2.12. The molecule has 94 valence electrons. The molecule has 0 heterocycles. The molecule has 3 heteroatoms. The van der Waals surface area contributed by atoms with E-state index in [9.17, 15) is 8.78 Å². The van der Waals surface area contributed by atoms with E-state index in [1.165, 1.54) is 12.1 Å². The zero-order valence-electron chi connectivity index (χ0n) is 9.96. The second kappa shape index (κ2) is 7.17. The highest BCUT2D eigenvalue weighted by Gasteiger charge is 2.08. The average molecular weight is 239 g/mol. The lowest BCUT2D eigenvalue weighted by Crippen LogP contribution is -2.10. The van der Waals surface area contributed by atoms with E-state index in [2.05, 4.69) is 6.58 Å². The molecule has 0 fully saturated rings. The van der Waals surface area contributed by atoms with Gasteiger partial charge in [0.2, 0.25) is 0 Å². The molecule has 0 amide bonds. The van der Waals surface area contributed by atoms with Gasteiger partial charge in [0.25, 0.3) is 0 Å². The quantitative estimate of drug-likeness (QED) is 0.562. The molecule has 0 bridgehead atoms. The summed E-state index contributed by atoms with van der Waals surface area (Å²) in [6.07, 6.45) is 6.77. The predicted molar refractivity (Wildman–Crippen MR) is 66.6 cm³/mol. The second-order valence-corrected chi connectivity index (χ2v) is 4.24. The van der Waals surface area contributed by atoms with Crippen LogP contribution in [0.2, 0.25) is 0 Å². The number of hydrogen-bond acceptors (Lipinski definition) is 1. The summed E-state index contributed by atoms with van der Waals surface area (Å²) in [5, 5.41) is 0. The normalized spacial score (nSPS) is 12.4. The van der Waals surface area contributed by atoms with Crippen LogP contribution >= 0.6 is 0 Å². The summed E-state index contributed by atoms with van der Waals surface area (Å²) in [6.45, 7) is 3.65. The fraction of sp³-hybridized carbons (Fsp3) is 0.429. The van der Waals surface area contributed by atoms with Gasteiger partial charge in [-0.1, -0.05) is 18.9 Å². The molecule has 0 aromatic heterocycles. The van der Waals surface area contributed by atoms with Crippen LogP contribution < -0.4 is 5.73 Å². The molecular weight excluding hydrogens is 220 g/mol. The van der Waals surface area contributed by atoms with Crippen LogP contribution in [-0.2, 0) is 0 Å². The molecule has 1 aromatic rings. The first kappa shape index (κ1) is 13.8. The molecule has 0 aliphatic carbocycles. The molecule has 17 heavy (non-hydrogen) atoms. The summed E-state index contributed by atoms with van der Waals surface area (Å²) in [6, 6.07) is 3.18. The van der Waals surface area contributed by atoms with Gasteiger partial charge in [0.1, 0.15) is 11.6 Å². The number of halogens is 2. The number of nitrogens with two attached hydrogens (primary N) is 1. The summed E-state index contributed by atoms with van der Waals surface area (Å²) in [7, 11) is 0. The first-order chi connectivity index (χ1) is 8.13. The third-order valence-corrected chi connectivity index (χ3v) is 2.74. The van der Waals surface area contributed by atoms with Gasteiger partial charge in [0.05, 0.1) is 0 Å². The van der Waals surface area contributed by atoms with Crippen molar-refractivity contribution in [3.63, 3.8) is 0 Å². The summed E-state index contributed by atoms with van der Waals surface area (Å²) in [5.41, 5.74) is 6.43. The van der Waals surface area contributed by atoms with Crippen molar-refractivity contribution < 1.29 is 8.78 Å². The molecule has 1 atom stereocenters. The van der Waals surface area contributed by atoms with Crippen LogP contribution in [0.15, 0.2) is 30.9 Å². The Kier molecular flexibility index (Phi) is 5.84. The van der Waals surface area contributed by atoms with Crippen molar-refractivity contribution in [3.05, 3.63) is 48.1 Å². The molecule has 0 spiro atoms. The molecule has 1 nitrogen and oxygen atoms in total. The van der Waals surface area contributed by atoms with E-state index in [1.54, 1.807) is 0 Å². The second-order valence-electron chi connectivity index (χ2n) is 4.24. The van der Waals surface area contributed by atoms with Gasteiger partial charge in [-0.2, -0.15) is 0 Å². The van der Waals surface area contributed by atoms with Crippen LogP contribution in [-0.4, -0.2) is 0 Å². The molecule has 0 saturated heterocycles. The third kappa shape index (κ3) is 5.09. The third-order valence-electron chi connectivity index (χ3n) is 2.74. The van der Waals surface area contributed by atoms with E-state index in [0.717, 1.165) is 38.2 Å². The largest absolute Gasteiger partial charge is 0.324 e. The first-order valence-corrected chi connectivity index (χ1v) is 5.96. The predicted octanol–water partition coefficient (Wildman–Crippen LogP) is 4.10. The fourth-order valence-electron chi connectivity index (χ4n) is 1.79. The Morgan fingerprint density at radius 1 is 1.12 bits per heavy atom. The Balaban J connectivity index is 2.40. The van der Waals surface area contributed by atoms with Gasteiger partial charge in [-0.25, -0.2) is 8.78 Å². The minimum atomic E-state index is -0.567.